The normalized spacial score (nSPS) is 20.5. The fourth-order valence-corrected chi connectivity index (χ4v) is 6.31. The molecule has 5 heterocycles. The molecule has 1 fully saturated rings. The molecule has 224 valence electrons. The number of anilines is 1. The van der Waals surface area contributed by atoms with Crippen LogP contribution < -0.4 is 4.90 Å². The number of aromatic nitrogens is 2. The minimum atomic E-state index is -1.82. The van der Waals surface area contributed by atoms with Crippen molar-refractivity contribution in [3.05, 3.63) is 78.2 Å². The fourth-order valence-electron chi connectivity index (χ4n) is 5.68. The molecule has 1 unspecified atom stereocenters. The lowest BCUT2D eigenvalue weighted by molar-refractivity contribution is -0.159. The summed E-state index contributed by atoms with van der Waals surface area (Å²) in [6.45, 7) is 7.11. The highest BCUT2D eigenvalue weighted by Crippen LogP contribution is 2.38. The van der Waals surface area contributed by atoms with Gasteiger partial charge in [0.25, 0.3) is 0 Å². The highest BCUT2D eigenvalue weighted by atomic mass is 32.1. The van der Waals surface area contributed by atoms with Gasteiger partial charge in [-0.3, -0.25) is 9.69 Å². The number of nitrogens with zero attached hydrogens (tertiary/aromatic N) is 5. The van der Waals surface area contributed by atoms with E-state index in [1.165, 1.54) is 0 Å². The number of carboxylic acid groups (broad SMARTS) is 2. The Bertz CT molecular complexity index is 1530. The molecule has 6 rings (SSSR count). The molecule has 0 radical (unpaired) electrons. The van der Waals surface area contributed by atoms with E-state index in [-0.39, 0.29) is 24.0 Å². The van der Waals surface area contributed by atoms with Gasteiger partial charge in [-0.2, -0.15) is 0 Å². The molecule has 11 nitrogen and oxygen atoms in total. The summed E-state index contributed by atoms with van der Waals surface area (Å²) < 4.78 is 5.84. The molecule has 0 saturated carbocycles. The Morgan fingerprint density at radius 3 is 2.37 bits per heavy atom. The maximum atomic E-state index is 13.7. The molecule has 1 amide bonds. The lowest BCUT2D eigenvalue weighted by atomic mass is 9.99. The van der Waals surface area contributed by atoms with E-state index in [9.17, 15) is 4.79 Å². The second-order valence-corrected chi connectivity index (χ2v) is 11.5. The zero-order valence-corrected chi connectivity index (χ0v) is 24.7. The Hall–Kier alpha value is -4.55. The molecule has 2 aromatic heterocycles. The van der Waals surface area contributed by atoms with Crippen molar-refractivity contribution in [3.8, 4) is 21.9 Å². The van der Waals surface area contributed by atoms with Crippen LogP contribution in [0.5, 0.6) is 0 Å². The van der Waals surface area contributed by atoms with Gasteiger partial charge in [-0.1, -0.05) is 24.3 Å². The molecular weight excluding hydrogens is 570 g/mol. The highest BCUT2D eigenvalue weighted by molar-refractivity contribution is 7.13. The maximum Gasteiger partial charge on any atom is 0.414 e. The van der Waals surface area contributed by atoms with Gasteiger partial charge in [0.1, 0.15) is 16.6 Å². The molecule has 3 atom stereocenters. The molecule has 0 spiro atoms. The van der Waals surface area contributed by atoms with Crippen molar-refractivity contribution in [3.63, 3.8) is 0 Å². The summed E-state index contributed by atoms with van der Waals surface area (Å²) in [4.78, 5) is 47.7. The predicted molar refractivity (Wildman–Crippen MR) is 162 cm³/mol. The van der Waals surface area contributed by atoms with Crippen LogP contribution in [0.3, 0.4) is 0 Å². The minimum Gasteiger partial charge on any atom is -0.473 e. The zero-order chi connectivity index (χ0) is 30.5. The monoisotopic (exact) mass is 603 g/mol. The number of carbonyl (C=O) groups excluding carboxylic acids is 1. The smallest absolute Gasteiger partial charge is 0.414 e. The lowest BCUT2D eigenvalue weighted by Gasteiger charge is -2.45. The van der Waals surface area contributed by atoms with Gasteiger partial charge in [0.2, 0.25) is 5.91 Å². The third-order valence-corrected chi connectivity index (χ3v) is 8.57. The first-order valence-corrected chi connectivity index (χ1v) is 14.8. The molecule has 1 saturated heterocycles. The van der Waals surface area contributed by atoms with Gasteiger partial charge in [0.15, 0.2) is 0 Å². The molecule has 2 aromatic rings. The van der Waals surface area contributed by atoms with E-state index in [0.29, 0.717) is 13.1 Å². The Kier molecular flexibility index (Phi) is 9.17. The van der Waals surface area contributed by atoms with E-state index in [2.05, 4.69) is 71.1 Å². The summed E-state index contributed by atoms with van der Waals surface area (Å²) in [7, 11) is 0. The predicted octanol–water partition coefficient (Wildman–Crippen LogP) is 4.49. The molecular formula is C31H33N5O6S. The van der Waals surface area contributed by atoms with E-state index in [4.69, 9.17) is 29.2 Å². The number of thiazole rings is 1. The van der Waals surface area contributed by atoms with Crippen LogP contribution in [0.4, 0.5) is 5.82 Å². The summed E-state index contributed by atoms with van der Waals surface area (Å²) in [5.41, 5.74) is 3.21. The van der Waals surface area contributed by atoms with E-state index >= 15 is 0 Å². The number of piperazine rings is 1. The van der Waals surface area contributed by atoms with Crippen LogP contribution in [-0.2, 0) is 14.4 Å². The van der Waals surface area contributed by atoms with Crippen molar-refractivity contribution in [2.75, 3.05) is 31.1 Å². The number of amides is 1. The molecule has 43 heavy (non-hydrogen) atoms. The van der Waals surface area contributed by atoms with Crippen molar-refractivity contribution in [1.29, 1.82) is 0 Å². The topological polar surface area (TPSA) is 140 Å². The van der Waals surface area contributed by atoms with Gasteiger partial charge in [-0.15, -0.1) is 11.3 Å². The fraction of sp³-hybridized carbons (Fsp3) is 0.323. The quantitative estimate of drug-likeness (QED) is 0.248. The Balaban J connectivity index is 0.000000559. The Morgan fingerprint density at radius 1 is 0.977 bits per heavy atom. The van der Waals surface area contributed by atoms with Gasteiger partial charge >= 0.3 is 11.9 Å². The average Bonchev–Trinajstić information content (AvgIpc) is 3.70. The molecule has 2 N–H and O–H groups in total. The van der Waals surface area contributed by atoms with Crippen LogP contribution in [0.15, 0.2) is 77.0 Å². The summed E-state index contributed by atoms with van der Waals surface area (Å²) in [5, 5.41) is 17.7. The van der Waals surface area contributed by atoms with Crippen molar-refractivity contribution in [1.82, 2.24) is 19.8 Å². The average molecular weight is 604 g/mol. The first kappa shape index (κ1) is 29.9. The van der Waals surface area contributed by atoms with Gasteiger partial charge in [0, 0.05) is 66.2 Å². The molecule has 0 bridgehead atoms. The van der Waals surface area contributed by atoms with Crippen molar-refractivity contribution in [2.24, 2.45) is 0 Å². The molecule has 0 aromatic carbocycles. The lowest BCUT2D eigenvalue weighted by Crippen LogP contribution is -2.59. The first-order chi connectivity index (χ1) is 20.7. The summed E-state index contributed by atoms with van der Waals surface area (Å²) in [5.74, 6) is -1.63. The van der Waals surface area contributed by atoms with E-state index in [0.717, 1.165) is 52.8 Å². The van der Waals surface area contributed by atoms with Gasteiger partial charge in [-0.05, 0) is 44.5 Å². The van der Waals surface area contributed by atoms with Crippen LogP contribution in [0.25, 0.3) is 21.9 Å². The molecule has 1 aliphatic carbocycles. The number of rotatable bonds is 5. The summed E-state index contributed by atoms with van der Waals surface area (Å²) in [6.07, 6.45) is 10.5. The molecule has 12 heteroatoms. The van der Waals surface area contributed by atoms with Crippen LogP contribution in [0.2, 0.25) is 0 Å². The number of carboxylic acids is 2. The number of fused-ring (bicyclic) bond motifs is 1. The van der Waals surface area contributed by atoms with E-state index < -0.39 is 11.9 Å². The molecule has 4 aliphatic rings. The maximum absolute atomic E-state index is 13.7. The number of carbonyl (C=O) groups is 3. The first-order valence-electron chi connectivity index (χ1n) is 14.0. The third-order valence-electron chi connectivity index (χ3n) is 7.74. The highest BCUT2D eigenvalue weighted by Gasteiger charge is 2.35. The standard InChI is InChI=1S/C29H31N5O2S.C2H2O4/c1-20-17-32(26-11-9-23(16-31-26)29-30-12-15-37-29)18-21(2)34(20)19-27(35)33-13-4-3-7-25(33)24-10-8-22-6-5-14-36-28(22)24;3-1(4)2(5)6/h3-6,8-12,14-16,20-21,25H,7,13,17-19H2,1-2H3;(H,3,4)(H,5,6)/t20-,21+,25?;. The van der Waals surface area contributed by atoms with Crippen molar-refractivity contribution in [2.45, 2.75) is 38.4 Å². The Morgan fingerprint density at radius 2 is 1.72 bits per heavy atom. The van der Waals surface area contributed by atoms with E-state index in [1.807, 2.05) is 28.7 Å². The Labute approximate surface area is 253 Å². The number of pyridine rings is 1. The summed E-state index contributed by atoms with van der Waals surface area (Å²) in [6, 6.07) is 12.8. The van der Waals surface area contributed by atoms with Crippen molar-refractivity contribution < 1.29 is 29.0 Å². The van der Waals surface area contributed by atoms with Gasteiger partial charge < -0.3 is 24.4 Å². The molecule has 3 aliphatic heterocycles. The van der Waals surface area contributed by atoms with Crippen LogP contribution >= 0.6 is 11.3 Å². The third kappa shape index (κ3) is 6.76. The van der Waals surface area contributed by atoms with Gasteiger partial charge in [0.05, 0.1) is 18.8 Å². The van der Waals surface area contributed by atoms with Crippen LogP contribution in [0, 0.1) is 0 Å². The van der Waals surface area contributed by atoms with Gasteiger partial charge in [-0.25, -0.2) is 19.6 Å². The second-order valence-electron chi connectivity index (χ2n) is 10.6. The van der Waals surface area contributed by atoms with Crippen molar-refractivity contribution >= 4 is 35.0 Å². The largest absolute Gasteiger partial charge is 0.473 e. The SMILES string of the molecule is C[C@@H]1CN(c2ccc(-c3nccs3)cn2)C[C@H](C)N1CC(=O)N1CC=CCC1c1ccc2cccoc1-2.O=C(O)C(=O)O. The van der Waals surface area contributed by atoms with E-state index in [1.54, 1.807) is 17.6 Å². The van der Waals surface area contributed by atoms with Crippen LogP contribution in [0.1, 0.15) is 31.9 Å². The number of hydrogen-bond acceptors (Lipinski definition) is 9. The summed E-state index contributed by atoms with van der Waals surface area (Å²) >= 11 is 1.62. The zero-order valence-electron chi connectivity index (χ0n) is 23.9. The second kappa shape index (κ2) is 13.2. The number of hydrogen-bond donors (Lipinski definition) is 2. The number of aliphatic carboxylic acids is 2. The van der Waals surface area contributed by atoms with Crippen LogP contribution in [-0.4, -0.2) is 86.1 Å². The minimum absolute atomic E-state index is 0.00592.